The molecule has 8 nitrogen and oxygen atoms in total. The average Bonchev–Trinajstić information content (AvgIpc) is 2.89. The van der Waals surface area contributed by atoms with E-state index in [0.29, 0.717) is 25.3 Å². The van der Waals surface area contributed by atoms with Gasteiger partial charge >= 0.3 is 6.09 Å². The number of rotatable bonds is 2. The molecule has 8 heteroatoms. The highest BCUT2D eigenvalue weighted by atomic mass is 16.6. The number of carbonyl (C=O) groups excluding carboxylic acids is 1. The van der Waals surface area contributed by atoms with Gasteiger partial charge in [-0.2, -0.15) is 0 Å². The summed E-state index contributed by atoms with van der Waals surface area (Å²) in [6.45, 7) is 2.44. The first kappa shape index (κ1) is 14.9. The molecule has 0 aromatic carbocycles. The molecule has 24 heavy (non-hydrogen) atoms. The summed E-state index contributed by atoms with van der Waals surface area (Å²) in [4.78, 5) is 30.1. The number of fused-ring (bicyclic) bond motifs is 1. The number of alkyl carbamates (subject to hydrolysis) is 1. The van der Waals surface area contributed by atoms with Crippen molar-refractivity contribution in [2.24, 2.45) is 0 Å². The minimum Gasteiger partial charge on any atom is -0.504 e. The molecule has 2 N–H and O–H groups in total. The minimum absolute atomic E-state index is 0.0273. The van der Waals surface area contributed by atoms with Crippen LogP contribution >= 0.6 is 0 Å². The molecule has 2 aromatic rings. The first-order chi connectivity index (χ1) is 11.5. The number of aromatic hydroxyl groups is 1. The zero-order valence-electron chi connectivity index (χ0n) is 13.1. The molecular weight excluding hydrogens is 312 g/mol. The van der Waals surface area contributed by atoms with Gasteiger partial charge in [0, 0.05) is 25.4 Å². The third-order valence-electron chi connectivity index (χ3n) is 4.59. The molecule has 0 unspecified atom stereocenters. The van der Waals surface area contributed by atoms with Crippen LogP contribution in [0.25, 0.3) is 5.65 Å². The van der Waals surface area contributed by atoms with Gasteiger partial charge in [-0.15, -0.1) is 0 Å². The van der Waals surface area contributed by atoms with Gasteiger partial charge in [0.25, 0.3) is 5.56 Å². The molecule has 2 saturated heterocycles. The SMILES string of the molecule is O=C1NC[C@]2(CCCN(Cc3cc(=O)n4cccc(O)c4n3)C2)O1. The maximum Gasteiger partial charge on any atom is 0.407 e. The second kappa shape index (κ2) is 5.48. The van der Waals surface area contributed by atoms with Gasteiger partial charge in [-0.25, -0.2) is 9.78 Å². The number of likely N-dealkylation sites (tertiary alicyclic amines) is 1. The Morgan fingerprint density at radius 1 is 1.42 bits per heavy atom. The normalized spacial score (nSPS) is 24.2. The quantitative estimate of drug-likeness (QED) is 0.831. The second-order valence-corrected chi connectivity index (χ2v) is 6.41. The van der Waals surface area contributed by atoms with Crippen LogP contribution in [0, 0.1) is 0 Å². The van der Waals surface area contributed by atoms with Crippen molar-refractivity contribution < 1.29 is 14.6 Å². The highest BCUT2D eigenvalue weighted by Gasteiger charge is 2.43. The number of aromatic nitrogens is 2. The summed E-state index contributed by atoms with van der Waals surface area (Å²) in [7, 11) is 0. The van der Waals surface area contributed by atoms with Crippen LogP contribution in [-0.4, -0.2) is 50.7 Å². The molecule has 1 amide bonds. The lowest BCUT2D eigenvalue weighted by atomic mass is 9.93. The number of hydrogen-bond donors (Lipinski definition) is 2. The summed E-state index contributed by atoms with van der Waals surface area (Å²) in [5.41, 5.74) is 0.131. The molecule has 0 saturated carbocycles. The third kappa shape index (κ3) is 2.58. The molecule has 4 heterocycles. The van der Waals surface area contributed by atoms with Crippen molar-refractivity contribution in [3.63, 3.8) is 0 Å². The van der Waals surface area contributed by atoms with E-state index >= 15 is 0 Å². The summed E-state index contributed by atoms with van der Waals surface area (Å²) < 4.78 is 6.77. The van der Waals surface area contributed by atoms with E-state index in [9.17, 15) is 14.7 Å². The summed E-state index contributed by atoms with van der Waals surface area (Å²) in [6.07, 6.45) is 2.95. The van der Waals surface area contributed by atoms with Crippen molar-refractivity contribution >= 4 is 11.7 Å². The van der Waals surface area contributed by atoms with Crippen molar-refractivity contribution in [2.45, 2.75) is 25.0 Å². The monoisotopic (exact) mass is 330 g/mol. The van der Waals surface area contributed by atoms with Gasteiger partial charge in [-0.1, -0.05) is 0 Å². The summed E-state index contributed by atoms with van der Waals surface area (Å²) >= 11 is 0. The Bertz CT molecular complexity index is 865. The van der Waals surface area contributed by atoms with Crippen LogP contribution in [-0.2, 0) is 11.3 Å². The molecule has 2 fully saturated rings. The van der Waals surface area contributed by atoms with E-state index < -0.39 is 5.60 Å². The van der Waals surface area contributed by atoms with Crippen LogP contribution in [0.5, 0.6) is 5.75 Å². The van der Waals surface area contributed by atoms with E-state index in [1.807, 2.05) is 0 Å². The van der Waals surface area contributed by atoms with Gasteiger partial charge in [-0.3, -0.25) is 14.1 Å². The average molecular weight is 330 g/mol. The first-order valence-electron chi connectivity index (χ1n) is 7.94. The van der Waals surface area contributed by atoms with E-state index in [1.54, 1.807) is 12.3 Å². The maximum absolute atomic E-state index is 12.2. The number of amides is 1. The lowest BCUT2D eigenvalue weighted by molar-refractivity contribution is -0.0114. The molecule has 0 radical (unpaired) electrons. The van der Waals surface area contributed by atoms with Crippen LogP contribution in [0.3, 0.4) is 0 Å². The van der Waals surface area contributed by atoms with E-state index in [-0.39, 0.29) is 23.0 Å². The Morgan fingerprint density at radius 3 is 3.08 bits per heavy atom. The van der Waals surface area contributed by atoms with E-state index in [0.717, 1.165) is 19.4 Å². The predicted octanol–water partition coefficient (Wildman–Crippen LogP) is 0.474. The number of piperidine rings is 1. The van der Waals surface area contributed by atoms with Gasteiger partial charge in [0.05, 0.1) is 12.2 Å². The number of pyridine rings is 1. The van der Waals surface area contributed by atoms with Crippen LogP contribution in [0.1, 0.15) is 18.5 Å². The fourth-order valence-electron chi connectivity index (χ4n) is 3.52. The minimum atomic E-state index is -0.483. The van der Waals surface area contributed by atoms with Crippen LogP contribution in [0.2, 0.25) is 0 Å². The highest BCUT2D eigenvalue weighted by Crippen LogP contribution is 2.28. The Labute approximate surface area is 137 Å². The van der Waals surface area contributed by atoms with Crippen molar-refractivity contribution in [1.29, 1.82) is 0 Å². The van der Waals surface area contributed by atoms with Crippen LogP contribution < -0.4 is 10.9 Å². The zero-order chi connectivity index (χ0) is 16.7. The van der Waals surface area contributed by atoms with Crippen molar-refractivity contribution in [3.8, 4) is 5.75 Å². The standard InChI is InChI=1S/C16H18N4O4/c21-12-3-1-6-20-13(22)7-11(18-14(12)20)8-19-5-2-4-16(10-19)9-17-15(23)24-16/h1,3,6-7,21H,2,4-5,8-10H2,(H,17,23)/t16-/m0/s1. The molecule has 2 aromatic heterocycles. The largest absolute Gasteiger partial charge is 0.504 e. The Balaban J connectivity index is 1.59. The topological polar surface area (TPSA) is 96.2 Å². The zero-order valence-corrected chi connectivity index (χ0v) is 13.1. The summed E-state index contributed by atoms with van der Waals surface area (Å²) in [6, 6.07) is 4.58. The fourth-order valence-corrected chi connectivity index (χ4v) is 3.52. The maximum atomic E-state index is 12.2. The molecule has 1 atom stereocenters. The third-order valence-corrected chi connectivity index (χ3v) is 4.59. The van der Waals surface area contributed by atoms with Gasteiger partial charge < -0.3 is 15.2 Å². The lowest BCUT2D eigenvalue weighted by Gasteiger charge is -2.37. The van der Waals surface area contributed by atoms with Crippen LogP contribution in [0.4, 0.5) is 4.79 Å². The predicted molar refractivity (Wildman–Crippen MR) is 84.9 cm³/mol. The number of nitrogens with one attached hydrogen (secondary N) is 1. The fraction of sp³-hybridized carbons (Fsp3) is 0.438. The molecule has 0 aliphatic carbocycles. The molecule has 4 rings (SSSR count). The molecule has 1 spiro atoms. The Kier molecular flexibility index (Phi) is 3.42. The van der Waals surface area contributed by atoms with Crippen molar-refractivity contribution in [2.75, 3.05) is 19.6 Å². The van der Waals surface area contributed by atoms with Gasteiger partial charge in [0.15, 0.2) is 11.4 Å². The Morgan fingerprint density at radius 2 is 2.29 bits per heavy atom. The van der Waals surface area contributed by atoms with E-state index in [4.69, 9.17) is 4.74 Å². The molecule has 126 valence electrons. The van der Waals surface area contributed by atoms with E-state index in [2.05, 4.69) is 15.2 Å². The number of hydrogen-bond acceptors (Lipinski definition) is 6. The van der Waals surface area contributed by atoms with Crippen molar-refractivity contribution in [1.82, 2.24) is 19.6 Å². The molecule has 0 bridgehead atoms. The molecular formula is C16H18N4O4. The lowest BCUT2D eigenvalue weighted by Crippen LogP contribution is -2.50. The number of carbonyl (C=O) groups is 1. The molecule has 2 aliphatic heterocycles. The highest BCUT2D eigenvalue weighted by molar-refractivity contribution is 5.70. The molecule has 2 aliphatic rings. The number of ether oxygens (including phenoxy) is 1. The van der Waals surface area contributed by atoms with Crippen molar-refractivity contribution in [3.05, 3.63) is 40.4 Å². The van der Waals surface area contributed by atoms with Gasteiger partial charge in [0.1, 0.15) is 5.60 Å². The Hall–Kier alpha value is -2.61. The number of nitrogens with zero attached hydrogens (tertiary/aromatic N) is 3. The van der Waals surface area contributed by atoms with Crippen LogP contribution in [0.15, 0.2) is 29.2 Å². The van der Waals surface area contributed by atoms with Gasteiger partial charge in [0.2, 0.25) is 0 Å². The summed E-state index contributed by atoms with van der Waals surface area (Å²) in [5, 5.41) is 12.6. The smallest absolute Gasteiger partial charge is 0.407 e. The van der Waals surface area contributed by atoms with E-state index in [1.165, 1.54) is 16.5 Å². The second-order valence-electron chi connectivity index (χ2n) is 6.41. The first-order valence-corrected chi connectivity index (χ1v) is 7.94. The summed E-state index contributed by atoms with van der Waals surface area (Å²) in [5.74, 6) is -0.0273. The van der Waals surface area contributed by atoms with Gasteiger partial charge in [-0.05, 0) is 31.5 Å².